The maximum atomic E-state index is 13.1. The molecule has 1 aliphatic rings. The zero-order valence-corrected chi connectivity index (χ0v) is 16.3. The second-order valence-electron chi connectivity index (χ2n) is 7.05. The number of rotatable bonds is 5. The van der Waals surface area contributed by atoms with Crippen LogP contribution < -0.4 is 10.6 Å². The highest BCUT2D eigenvalue weighted by atomic mass is 35.5. The summed E-state index contributed by atoms with van der Waals surface area (Å²) in [4.78, 5) is 16.4. The highest BCUT2D eigenvalue weighted by molar-refractivity contribution is 5.87. The van der Waals surface area contributed by atoms with Gasteiger partial charge >= 0.3 is 0 Å². The summed E-state index contributed by atoms with van der Waals surface area (Å²) in [5, 5.41) is 12.1. The molecule has 7 heteroatoms. The molecule has 2 aromatic heterocycles. The zero-order chi connectivity index (χ0) is 18.0. The van der Waals surface area contributed by atoms with E-state index < -0.39 is 5.54 Å². The minimum absolute atomic E-state index is 0. The maximum Gasteiger partial charge on any atom is 0.248 e. The molecule has 0 unspecified atom stereocenters. The minimum Gasteiger partial charge on any atom is -0.361 e. The van der Waals surface area contributed by atoms with E-state index in [-0.39, 0.29) is 18.3 Å². The number of aromatic nitrogens is 3. The molecule has 144 valence electrons. The molecule has 1 fully saturated rings. The number of hydrogen-bond acceptors (Lipinski definition) is 3. The van der Waals surface area contributed by atoms with Crippen LogP contribution in [0, 0.1) is 6.92 Å². The predicted molar refractivity (Wildman–Crippen MR) is 109 cm³/mol. The summed E-state index contributed by atoms with van der Waals surface area (Å²) in [7, 11) is 0. The molecular weight excluding hydrogens is 362 g/mol. The lowest BCUT2D eigenvalue weighted by Gasteiger charge is -2.36. The molecule has 0 atom stereocenters. The van der Waals surface area contributed by atoms with Crippen LogP contribution in [0.15, 0.2) is 42.9 Å². The van der Waals surface area contributed by atoms with E-state index in [4.69, 9.17) is 0 Å². The number of carbonyl (C=O) groups excluding carboxylic acids is 1. The number of fused-ring (bicyclic) bond motifs is 1. The van der Waals surface area contributed by atoms with Crippen LogP contribution in [0.2, 0.25) is 0 Å². The van der Waals surface area contributed by atoms with Crippen molar-refractivity contribution in [1.82, 2.24) is 25.4 Å². The van der Waals surface area contributed by atoms with E-state index >= 15 is 0 Å². The lowest BCUT2D eigenvalue weighted by Crippen LogP contribution is -2.54. The van der Waals surface area contributed by atoms with Gasteiger partial charge in [0.2, 0.25) is 5.91 Å². The highest BCUT2D eigenvalue weighted by Gasteiger charge is 2.41. The normalized spacial score (nSPS) is 16.0. The first-order valence-corrected chi connectivity index (χ1v) is 9.25. The van der Waals surface area contributed by atoms with Crippen molar-refractivity contribution in [2.45, 2.75) is 31.7 Å². The van der Waals surface area contributed by atoms with E-state index in [0.717, 1.165) is 37.9 Å². The van der Waals surface area contributed by atoms with Gasteiger partial charge in [0.05, 0.1) is 0 Å². The summed E-state index contributed by atoms with van der Waals surface area (Å²) >= 11 is 0. The Morgan fingerprint density at radius 2 is 2.11 bits per heavy atom. The van der Waals surface area contributed by atoms with Crippen molar-refractivity contribution in [1.29, 1.82) is 0 Å². The Bertz CT molecular complexity index is 896. The number of carbonyl (C=O) groups is 1. The van der Waals surface area contributed by atoms with Crippen molar-refractivity contribution in [2.75, 3.05) is 19.6 Å². The lowest BCUT2D eigenvalue weighted by molar-refractivity contribution is -0.131. The SMILES string of the molecule is Cc1cccc2[nH]cc(CCNC(=O)C3(n4cccn4)CCNCC3)c12.Cl. The maximum absolute atomic E-state index is 13.1. The Kier molecular flexibility index (Phi) is 5.87. The first kappa shape index (κ1) is 19.5. The van der Waals surface area contributed by atoms with Crippen molar-refractivity contribution in [3.05, 3.63) is 54.0 Å². The molecular formula is C20H26ClN5O. The number of benzene rings is 1. The van der Waals surface area contributed by atoms with Gasteiger partial charge in [-0.05, 0) is 62.5 Å². The van der Waals surface area contributed by atoms with E-state index in [0.29, 0.717) is 6.54 Å². The number of amides is 1. The van der Waals surface area contributed by atoms with Crippen molar-refractivity contribution in [2.24, 2.45) is 0 Å². The van der Waals surface area contributed by atoms with Crippen molar-refractivity contribution in [3.63, 3.8) is 0 Å². The van der Waals surface area contributed by atoms with E-state index in [1.54, 1.807) is 6.20 Å². The smallest absolute Gasteiger partial charge is 0.248 e. The Morgan fingerprint density at radius 3 is 2.85 bits per heavy atom. The number of nitrogens with one attached hydrogen (secondary N) is 3. The Balaban J connectivity index is 0.00000210. The zero-order valence-electron chi connectivity index (χ0n) is 15.5. The van der Waals surface area contributed by atoms with Crippen LogP contribution in [0.4, 0.5) is 0 Å². The molecule has 1 aromatic carbocycles. The van der Waals surface area contributed by atoms with Crippen LogP contribution in [0.5, 0.6) is 0 Å². The molecule has 3 aromatic rings. The fraction of sp³-hybridized carbons (Fsp3) is 0.400. The van der Waals surface area contributed by atoms with E-state index in [2.05, 4.69) is 52.0 Å². The lowest BCUT2D eigenvalue weighted by atomic mass is 9.87. The Labute approximate surface area is 165 Å². The molecule has 27 heavy (non-hydrogen) atoms. The molecule has 3 heterocycles. The van der Waals surface area contributed by atoms with Gasteiger partial charge in [-0.2, -0.15) is 5.10 Å². The summed E-state index contributed by atoms with van der Waals surface area (Å²) in [5.41, 5.74) is 3.08. The molecule has 3 N–H and O–H groups in total. The van der Waals surface area contributed by atoms with Gasteiger partial charge in [0.25, 0.3) is 0 Å². The number of piperidine rings is 1. The summed E-state index contributed by atoms with van der Waals surface area (Å²) in [6, 6.07) is 8.16. The number of nitrogens with zero attached hydrogens (tertiary/aromatic N) is 2. The highest BCUT2D eigenvalue weighted by Crippen LogP contribution is 2.27. The van der Waals surface area contributed by atoms with E-state index in [1.165, 1.54) is 16.5 Å². The van der Waals surface area contributed by atoms with Crippen LogP contribution in [0.1, 0.15) is 24.0 Å². The molecule has 0 radical (unpaired) electrons. The third-order valence-corrected chi connectivity index (χ3v) is 5.47. The molecule has 6 nitrogen and oxygen atoms in total. The molecule has 0 bridgehead atoms. The Hall–Kier alpha value is -2.31. The molecule has 0 saturated carbocycles. The van der Waals surface area contributed by atoms with Gasteiger partial charge in [-0.3, -0.25) is 9.48 Å². The quantitative estimate of drug-likeness (QED) is 0.629. The molecule has 4 rings (SSSR count). The second-order valence-corrected chi connectivity index (χ2v) is 7.05. The molecule has 0 aliphatic carbocycles. The summed E-state index contributed by atoms with van der Waals surface area (Å²) in [5.74, 6) is 0.0688. The molecule has 1 aliphatic heterocycles. The van der Waals surface area contributed by atoms with Crippen molar-refractivity contribution < 1.29 is 4.79 Å². The average Bonchev–Trinajstić information content (AvgIpc) is 3.33. The second kappa shape index (κ2) is 8.15. The number of H-pyrrole nitrogens is 1. The minimum atomic E-state index is -0.578. The van der Waals surface area contributed by atoms with Crippen LogP contribution in [-0.4, -0.2) is 40.3 Å². The average molecular weight is 388 g/mol. The monoisotopic (exact) mass is 387 g/mol. The third-order valence-electron chi connectivity index (χ3n) is 5.47. The number of aromatic amines is 1. The van der Waals surface area contributed by atoms with Crippen LogP contribution in [-0.2, 0) is 16.8 Å². The Morgan fingerprint density at radius 1 is 1.30 bits per heavy atom. The van der Waals surface area contributed by atoms with Gasteiger partial charge in [0.1, 0.15) is 5.54 Å². The number of aryl methyl sites for hydroxylation is 1. The fourth-order valence-corrected chi connectivity index (χ4v) is 4.05. The summed E-state index contributed by atoms with van der Waals surface area (Å²) in [6.45, 7) is 4.40. The largest absolute Gasteiger partial charge is 0.361 e. The van der Waals surface area contributed by atoms with Crippen LogP contribution in [0.25, 0.3) is 10.9 Å². The van der Waals surface area contributed by atoms with Crippen LogP contribution >= 0.6 is 12.4 Å². The van der Waals surface area contributed by atoms with Crippen LogP contribution in [0.3, 0.4) is 0 Å². The van der Waals surface area contributed by atoms with E-state index in [1.807, 2.05) is 16.9 Å². The van der Waals surface area contributed by atoms with Gasteiger partial charge in [-0.15, -0.1) is 12.4 Å². The van der Waals surface area contributed by atoms with E-state index in [9.17, 15) is 4.79 Å². The summed E-state index contributed by atoms with van der Waals surface area (Å²) < 4.78 is 1.83. The predicted octanol–water partition coefficient (Wildman–Crippen LogP) is 2.53. The van der Waals surface area contributed by atoms with Gasteiger partial charge in [-0.1, -0.05) is 12.1 Å². The third kappa shape index (κ3) is 3.59. The molecule has 1 amide bonds. The fourth-order valence-electron chi connectivity index (χ4n) is 4.05. The number of hydrogen-bond donors (Lipinski definition) is 3. The topological polar surface area (TPSA) is 74.7 Å². The van der Waals surface area contributed by atoms with Crippen molar-refractivity contribution >= 4 is 29.2 Å². The first-order chi connectivity index (χ1) is 12.7. The van der Waals surface area contributed by atoms with Gasteiger partial charge in [-0.25, -0.2) is 0 Å². The van der Waals surface area contributed by atoms with Crippen molar-refractivity contribution in [3.8, 4) is 0 Å². The molecule has 0 spiro atoms. The van der Waals surface area contributed by atoms with Gasteiger partial charge < -0.3 is 15.6 Å². The van der Waals surface area contributed by atoms with Gasteiger partial charge in [0.15, 0.2) is 0 Å². The van der Waals surface area contributed by atoms with Gasteiger partial charge in [0, 0.05) is 36.0 Å². The first-order valence-electron chi connectivity index (χ1n) is 9.25. The summed E-state index contributed by atoms with van der Waals surface area (Å²) in [6.07, 6.45) is 8.01. The standard InChI is InChI=1S/C20H25N5O.ClH/c1-15-4-2-5-17-18(15)16(14-23-17)6-10-22-19(26)20(7-11-21-12-8-20)25-13-3-9-24-25;/h2-5,9,13-14,21,23H,6-8,10-12H2,1H3,(H,22,26);1H. The number of halogens is 1. The molecule has 1 saturated heterocycles.